The summed E-state index contributed by atoms with van der Waals surface area (Å²) in [6.45, 7) is -0.554. The van der Waals surface area contributed by atoms with Gasteiger partial charge in [0.15, 0.2) is 0 Å². The minimum Gasteiger partial charge on any atom is -0.480 e. The van der Waals surface area contributed by atoms with E-state index in [1.165, 1.54) is 4.90 Å². The Morgan fingerprint density at radius 2 is 1.71 bits per heavy atom. The normalized spacial score (nSPS) is 20.4. The second kappa shape index (κ2) is 6.08. The van der Waals surface area contributed by atoms with Crippen LogP contribution in [0, 0.1) is 0 Å². The molecule has 1 aliphatic carbocycles. The van der Waals surface area contributed by atoms with Crippen molar-refractivity contribution in [3.8, 4) is 0 Å². The number of piperazine rings is 1. The largest absolute Gasteiger partial charge is 0.480 e. The molecular weight excluding hydrogens is 291 g/mol. The minimum atomic E-state index is -4.61. The summed E-state index contributed by atoms with van der Waals surface area (Å²) in [4.78, 5) is 26.6. The zero-order chi connectivity index (χ0) is 15.6. The van der Waals surface area contributed by atoms with Gasteiger partial charge < -0.3 is 14.9 Å². The first kappa shape index (κ1) is 15.9. The summed E-state index contributed by atoms with van der Waals surface area (Å²) in [5, 5.41) is 8.66. The molecule has 2 amide bonds. The van der Waals surface area contributed by atoms with Crippen molar-refractivity contribution in [3.63, 3.8) is 0 Å². The topological polar surface area (TPSA) is 64.1 Å². The summed E-state index contributed by atoms with van der Waals surface area (Å²) in [5.74, 6) is -1.45. The van der Waals surface area contributed by atoms with Gasteiger partial charge in [-0.25, -0.2) is 4.79 Å². The summed E-state index contributed by atoms with van der Waals surface area (Å²) >= 11 is 0. The second-order valence-corrected chi connectivity index (χ2v) is 5.40. The summed E-state index contributed by atoms with van der Waals surface area (Å²) in [6, 6.07) is -0.308. The highest BCUT2D eigenvalue weighted by molar-refractivity contribution is 5.80. The number of carboxylic acid groups (broad SMARTS) is 1. The third-order valence-electron chi connectivity index (χ3n) is 3.61. The van der Waals surface area contributed by atoms with E-state index in [9.17, 15) is 22.8 Å². The molecule has 0 aromatic carbocycles. The highest BCUT2D eigenvalue weighted by Gasteiger charge is 2.37. The number of urea groups is 1. The van der Waals surface area contributed by atoms with E-state index in [2.05, 4.69) is 4.90 Å². The van der Waals surface area contributed by atoms with Crippen molar-refractivity contribution in [1.29, 1.82) is 0 Å². The van der Waals surface area contributed by atoms with Crippen molar-refractivity contribution >= 4 is 12.0 Å². The average molecular weight is 309 g/mol. The van der Waals surface area contributed by atoms with Crippen LogP contribution in [0.15, 0.2) is 0 Å². The summed E-state index contributed by atoms with van der Waals surface area (Å²) < 4.78 is 37.3. The van der Waals surface area contributed by atoms with Crippen LogP contribution in [-0.2, 0) is 4.79 Å². The van der Waals surface area contributed by atoms with E-state index in [0.717, 1.165) is 12.8 Å². The third-order valence-corrected chi connectivity index (χ3v) is 3.61. The van der Waals surface area contributed by atoms with Crippen LogP contribution >= 0.6 is 0 Å². The van der Waals surface area contributed by atoms with Gasteiger partial charge in [-0.1, -0.05) is 0 Å². The van der Waals surface area contributed by atoms with E-state index in [-0.39, 0.29) is 0 Å². The monoisotopic (exact) mass is 309 g/mol. The summed E-state index contributed by atoms with van der Waals surface area (Å²) in [7, 11) is 0. The molecule has 2 aliphatic rings. The molecule has 1 saturated carbocycles. The Morgan fingerprint density at radius 1 is 1.14 bits per heavy atom. The Hall–Kier alpha value is -1.51. The van der Waals surface area contributed by atoms with Gasteiger partial charge in [0.1, 0.15) is 13.1 Å². The molecule has 9 heteroatoms. The Balaban J connectivity index is 1.92. The molecule has 21 heavy (non-hydrogen) atoms. The third kappa shape index (κ3) is 4.76. The molecule has 1 heterocycles. The number of nitrogens with zero attached hydrogens (tertiary/aromatic N) is 3. The van der Waals surface area contributed by atoms with Crippen LogP contribution in [0.2, 0.25) is 0 Å². The van der Waals surface area contributed by atoms with Gasteiger partial charge in [-0.3, -0.25) is 9.69 Å². The standard InChI is InChI=1S/C12H18F3N3O3/c13-12(14,15)8-18(7-10(19)20)11(21)17-5-3-16(4-6-17)9-1-2-9/h9H,1-8H2,(H,19,20). The predicted molar refractivity (Wildman–Crippen MR) is 66.8 cm³/mol. The lowest BCUT2D eigenvalue weighted by atomic mass is 10.3. The molecule has 2 fully saturated rings. The Morgan fingerprint density at radius 3 is 2.14 bits per heavy atom. The fraction of sp³-hybridized carbons (Fsp3) is 0.833. The number of carbonyl (C=O) groups is 2. The van der Waals surface area contributed by atoms with Crippen molar-refractivity contribution < 1.29 is 27.9 Å². The van der Waals surface area contributed by atoms with Crippen molar-refractivity contribution in [1.82, 2.24) is 14.7 Å². The lowest BCUT2D eigenvalue weighted by Gasteiger charge is -2.37. The number of carbonyl (C=O) groups excluding carboxylic acids is 1. The number of hydrogen-bond donors (Lipinski definition) is 1. The fourth-order valence-electron chi connectivity index (χ4n) is 2.49. The first-order valence-electron chi connectivity index (χ1n) is 6.83. The molecule has 0 aromatic rings. The molecule has 1 aliphatic heterocycles. The first-order chi connectivity index (χ1) is 9.76. The number of halogens is 3. The Bertz CT molecular complexity index is 404. The number of carboxylic acids is 1. The predicted octanol–water partition coefficient (Wildman–Crippen LogP) is 0.835. The number of rotatable bonds is 4. The Labute approximate surface area is 120 Å². The first-order valence-corrected chi connectivity index (χ1v) is 6.83. The molecule has 0 aromatic heterocycles. The van der Waals surface area contributed by atoms with Crippen LogP contribution in [0.25, 0.3) is 0 Å². The molecule has 120 valence electrons. The lowest BCUT2D eigenvalue weighted by molar-refractivity contribution is -0.149. The van der Waals surface area contributed by atoms with Crippen molar-refractivity contribution in [2.24, 2.45) is 0 Å². The lowest BCUT2D eigenvalue weighted by Crippen LogP contribution is -2.55. The maximum absolute atomic E-state index is 12.4. The van der Waals surface area contributed by atoms with Crippen LogP contribution in [0.4, 0.5) is 18.0 Å². The molecule has 0 bridgehead atoms. The number of hydrogen-bond acceptors (Lipinski definition) is 3. The maximum Gasteiger partial charge on any atom is 0.406 e. The Kier molecular flexibility index (Phi) is 4.60. The minimum absolute atomic E-state index is 0.337. The average Bonchev–Trinajstić information content (AvgIpc) is 3.19. The summed E-state index contributed by atoms with van der Waals surface area (Å²) in [5.41, 5.74) is 0. The van der Waals surface area contributed by atoms with E-state index >= 15 is 0 Å². The molecule has 6 nitrogen and oxygen atoms in total. The smallest absolute Gasteiger partial charge is 0.406 e. The highest BCUT2D eigenvalue weighted by atomic mass is 19.4. The molecule has 0 radical (unpaired) electrons. The van der Waals surface area contributed by atoms with Gasteiger partial charge in [-0.2, -0.15) is 13.2 Å². The highest BCUT2D eigenvalue weighted by Crippen LogP contribution is 2.27. The van der Waals surface area contributed by atoms with Crippen molar-refractivity contribution in [2.75, 3.05) is 39.3 Å². The van der Waals surface area contributed by atoms with E-state index in [4.69, 9.17) is 5.11 Å². The molecule has 0 spiro atoms. The van der Waals surface area contributed by atoms with Gasteiger partial charge in [0.05, 0.1) is 0 Å². The molecule has 0 unspecified atom stereocenters. The van der Waals surface area contributed by atoms with E-state index in [1.54, 1.807) is 0 Å². The zero-order valence-corrected chi connectivity index (χ0v) is 11.5. The van der Waals surface area contributed by atoms with Crippen LogP contribution in [0.3, 0.4) is 0 Å². The number of amides is 2. The summed E-state index contributed by atoms with van der Waals surface area (Å²) in [6.07, 6.45) is -2.35. The van der Waals surface area contributed by atoms with Crippen molar-refractivity contribution in [3.05, 3.63) is 0 Å². The molecule has 1 N–H and O–H groups in total. The molecular formula is C12H18F3N3O3. The number of alkyl halides is 3. The maximum atomic E-state index is 12.4. The van der Waals surface area contributed by atoms with Gasteiger partial charge in [0, 0.05) is 32.2 Å². The molecule has 1 saturated heterocycles. The number of aliphatic carboxylic acids is 1. The van der Waals surface area contributed by atoms with Crippen LogP contribution in [0.5, 0.6) is 0 Å². The van der Waals surface area contributed by atoms with Crippen LogP contribution < -0.4 is 0 Å². The van der Waals surface area contributed by atoms with Crippen LogP contribution in [-0.4, -0.2) is 83.3 Å². The van der Waals surface area contributed by atoms with Gasteiger partial charge >= 0.3 is 18.2 Å². The van der Waals surface area contributed by atoms with E-state index in [0.29, 0.717) is 37.1 Å². The SMILES string of the molecule is O=C(O)CN(CC(F)(F)F)C(=O)N1CCN(C2CC2)CC1. The van der Waals surface area contributed by atoms with Gasteiger partial charge in [0.2, 0.25) is 0 Å². The quantitative estimate of drug-likeness (QED) is 0.836. The van der Waals surface area contributed by atoms with Gasteiger partial charge in [-0.15, -0.1) is 0 Å². The van der Waals surface area contributed by atoms with Gasteiger partial charge in [-0.05, 0) is 12.8 Å². The second-order valence-electron chi connectivity index (χ2n) is 5.40. The van der Waals surface area contributed by atoms with Crippen molar-refractivity contribution in [2.45, 2.75) is 25.1 Å². The van der Waals surface area contributed by atoms with E-state index < -0.39 is 31.3 Å². The van der Waals surface area contributed by atoms with Crippen LogP contribution in [0.1, 0.15) is 12.8 Å². The van der Waals surface area contributed by atoms with E-state index in [1.807, 2.05) is 0 Å². The molecule has 2 rings (SSSR count). The fourth-order valence-corrected chi connectivity index (χ4v) is 2.49. The molecule has 0 atom stereocenters. The zero-order valence-electron chi connectivity index (χ0n) is 11.5. The van der Waals surface area contributed by atoms with Gasteiger partial charge in [0.25, 0.3) is 0 Å².